The maximum Gasteiger partial charge on any atom is 0.351 e. The molecule has 1 aromatic heterocycles. The Morgan fingerprint density at radius 3 is 2.55 bits per heavy atom. The van der Waals surface area contributed by atoms with Crippen LogP contribution in [0.1, 0.15) is 6.23 Å². The van der Waals surface area contributed by atoms with E-state index in [0.717, 1.165) is 10.8 Å². The van der Waals surface area contributed by atoms with E-state index in [2.05, 4.69) is 20.9 Å². The zero-order valence-corrected chi connectivity index (χ0v) is 16.5. The van der Waals surface area contributed by atoms with Gasteiger partial charge in [-0.25, -0.2) is 4.79 Å². The summed E-state index contributed by atoms with van der Waals surface area (Å²) in [4.78, 5) is 51.6. The fourth-order valence-corrected chi connectivity index (χ4v) is 3.00. The minimum absolute atomic E-state index is 0.0981. The van der Waals surface area contributed by atoms with E-state index >= 15 is 0 Å². The van der Waals surface area contributed by atoms with Crippen LogP contribution in [0.5, 0.6) is 0 Å². The van der Waals surface area contributed by atoms with Crippen LogP contribution in [0.4, 0.5) is 5.82 Å². The topological polar surface area (TPSA) is 244 Å². The number of nitrogens with two attached hydrogens (primary N) is 2. The molecule has 31 heavy (non-hydrogen) atoms. The first-order valence-corrected chi connectivity index (χ1v) is 9.11. The van der Waals surface area contributed by atoms with Crippen molar-refractivity contribution in [1.82, 2.24) is 25.5 Å². The Morgan fingerprint density at radius 1 is 1.32 bits per heavy atom. The van der Waals surface area contributed by atoms with Gasteiger partial charge in [-0.15, -0.1) is 0 Å². The van der Waals surface area contributed by atoms with Crippen LogP contribution < -0.4 is 33.1 Å². The molecule has 1 aliphatic rings. The van der Waals surface area contributed by atoms with Crippen LogP contribution in [0, 0.1) is 0 Å². The lowest BCUT2D eigenvalue weighted by Gasteiger charge is -2.42. The van der Waals surface area contributed by atoms with Crippen molar-refractivity contribution in [2.75, 3.05) is 25.9 Å². The molecule has 1 fully saturated rings. The quantitative estimate of drug-likeness (QED) is 0.188. The number of carbonyl (C=O) groups excluding carboxylic acids is 3. The van der Waals surface area contributed by atoms with E-state index in [9.17, 15) is 34.5 Å². The number of nitrogen functional groups attached to an aromatic ring is 1. The smallest absolute Gasteiger partial charge is 0.351 e. The van der Waals surface area contributed by atoms with E-state index in [1.807, 2.05) is 0 Å². The second kappa shape index (κ2) is 10.3. The summed E-state index contributed by atoms with van der Waals surface area (Å²) in [5.41, 5.74) is 9.81. The third-order valence-electron chi connectivity index (χ3n) is 4.51. The van der Waals surface area contributed by atoms with Crippen molar-refractivity contribution in [1.29, 1.82) is 0 Å². The molecule has 2 rings (SSSR count). The van der Waals surface area contributed by atoms with Crippen molar-refractivity contribution >= 4 is 23.5 Å². The van der Waals surface area contributed by atoms with Crippen LogP contribution >= 0.6 is 0 Å². The molecule has 1 aromatic rings. The first kappa shape index (κ1) is 24.2. The second-order valence-corrected chi connectivity index (χ2v) is 6.74. The number of aromatic nitrogens is 2. The van der Waals surface area contributed by atoms with Crippen LogP contribution in [0.15, 0.2) is 17.1 Å². The monoisotopic (exact) mass is 443 g/mol. The Labute approximate surface area is 175 Å². The summed E-state index contributed by atoms with van der Waals surface area (Å²) < 4.78 is 6.21. The van der Waals surface area contributed by atoms with Gasteiger partial charge in [0.25, 0.3) is 0 Å². The maximum absolute atomic E-state index is 12.5. The number of hydrogen-bond donors (Lipinski definition) is 8. The molecule has 2 heterocycles. The van der Waals surface area contributed by atoms with E-state index in [4.69, 9.17) is 16.2 Å². The molecular weight excluding hydrogens is 418 g/mol. The normalized spacial score (nSPS) is 26.6. The van der Waals surface area contributed by atoms with Gasteiger partial charge in [-0.2, -0.15) is 4.98 Å². The largest absolute Gasteiger partial charge is 0.394 e. The van der Waals surface area contributed by atoms with Gasteiger partial charge in [0, 0.05) is 6.20 Å². The van der Waals surface area contributed by atoms with Crippen LogP contribution in [-0.4, -0.2) is 93.2 Å². The number of nitrogens with zero attached hydrogens (tertiary/aromatic N) is 2. The van der Waals surface area contributed by atoms with Gasteiger partial charge >= 0.3 is 5.69 Å². The maximum atomic E-state index is 12.5. The summed E-state index contributed by atoms with van der Waals surface area (Å²) in [7, 11) is 1.50. The van der Waals surface area contributed by atoms with Crippen LogP contribution in [-0.2, 0) is 19.1 Å². The Hall–Kier alpha value is -3.11. The number of primary amides is 1. The first-order valence-electron chi connectivity index (χ1n) is 9.11. The summed E-state index contributed by atoms with van der Waals surface area (Å²) in [5, 5.41) is 37.4. The van der Waals surface area contributed by atoms with E-state index in [-0.39, 0.29) is 12.4 Å². The fraction of sp³-hybridized carbons (Fsp3) is 0.562. The van der Waals surface area contributed by atoms with Gasteiger partial charge in [-0.3, -0.25) is 19.0 Å². The van der Waals surface area contributed by atoms with E-state index in [0.29, 0.717) is 0 Å². The second-order valence-electron chi connectivity index (χ2n) is 6.74. The van der Waals surface area contributed by atoms with E-state index < -0.39 is 66.6 Å². The number of amides is 3. The summed E-state index contributed by atoms with van der Waals surface area (Å²) in [6.07, 6.45) is -5.72. The SMILES string of the molecule is CNCC(=O)N[C@H](CO)C(=O)N[C@H]1[C@H](O)[C@@H](O)[C@H](n2ccc(N)nc2=O)O[C@@H]1C(N)=O. The van der Waals surface area contributed by atoms with Crippen LogP contribution in [0.3, 0.4) is 0 Å². The summed E-state index contributed by atoms with van der Waals surface area (Å²) >= 11 is 0. The summed E-state index contributed by atoms with van der Waals surface area (Å²) in [6.45, 7) is -0.919. The molecule has 0 saturated carbocycles. The van der Waals surface area contributed by atoms with Crippen molar-refractivity contribution in [2.45, 2.75) is 36.6 Å². The molecule has 3 amide bonds. The number of rotatable bonds is 8. The lowest BCUT2D eigenvalue weighted by atomic mass is 9.94. The van der Waals surface area contributed by atoms with Crippen LogP contribution in [0.2, 0.25) is 0 Å². The average Bonchev–Trinajstić information content (AvgIpc) is 2.70. The zero-order valence-electron chi connectivity index (χ0n) is 16.5. The zero-order chi connectivity index (χ0) is 23.3. The summed E-state index contributed by atoms with van der Waals surface area (Å²) in [6, 6.07) is -1.74. The van der Waals surface area contributed by atoms with Crippen molar-refractivity contribution < 1.29 is 34.4 Å². The molecule has 0 aliphatic carbocycles. The number of nitrogens with one attached hydrogen (secondary N) is 3. The number of ether oxygens (including phenoxy) is 1. The fourth-order valence-electron chi connectivity index (χ4n) is 3.00. The first-order chi connectivity index (χ1) is 14.6. The highest BCUT2D eigenvalue weighted by Gasteiger charge is 2.49. The molecule has 0 radical (unpaired) electrons. The molecule has 1 aliphatic heterocycles. The van der Waals surface area contributed by atoms with Gasteiger partial charge < -0.3 is 47.5 Å². The van der Waals surface area contributed by atoms with Gasteiger partial charge in [-0.1, -0.05) is 0 Å². The number of aliphatic hydroxyl groups excluding tert-OH is 3. The summed E-state index contributed by atoms with van der Waals surface area (Å²) in [5.74, 6) is -2.78. The molecule has 0 bridgehead atoms. The Bertz CT molecular complexity index is 878. The van der Waals surface area contributed by atoms with Gasteiger partial charge in [0.15, 0.2) is 12.3 Å². The number of hydrogen-bond acceptors (Lipinski definition) is 11. The molecule has 10 N–H and O–H groups in total. The van der Waals surface area contributed by atoms with E-state index in [1.165, 1.54) is 13.1 Å². The molecule has 1 saturated heterocycles. The minimum Gasteiger partial charge on any atom is -0.394 e. The molecule has 172 valence electrons. The molecule has 15 nitrogen and oxygen atoms in total. The Balaban J connectivity index is 2.24. The number of aliphatic hydroxyl groups is 3. The standard InChI is InChI=1S/C16H25N7O8/c1-19-4-8(25)20-6(5-24)14(29)22-9-10(26)11(27)15(31-12(9)13(18)28)23-3-2-7(17)21-16(23)30/h2-3,6,9-12,15,19,24,26-27H,4-5H2,1H3,(H2,18,28)(H,20,25)(H,22,29)(H2,17,21,30)/t6-,9+,10+,11-,12+,15-/m1/s1. The van der Waals surface area contributed by atoms with Gasteiger partial charge in [0.05, 0.1) is 19.2 Å². The Morgan fingerprint density at radius 2 is 2.00 bits per heavy atom. The lowest BCUT2D eigenvalue weighted by Crippen LogP contribution is -2.67. The third-order valence-corrected chi connectivity index (χ3v) is 4.51. The molecule has 6 atom stereocenters. The van der Waals surface area contributed by atoms with Crippen molar-refractivity contribution in [2.24, 2.45) is 5.73 Å². The number of carbonyl (C=O) groups is 3. The molecular formula is C16H25N7O8. The molecule has 0 unspecified atom stereocenters. The predicted molar refractivity (Wildman–Crippen MR) is 103 cm³/mol. The third kappa shape index (κ3) is 5.53. The number of anilines is 1. The van der Waals surface area contributed by atoms with Crippen molar-refractivity contribution in [3.8, 4) is 0 Å². The van der Waals surface area contributed by atoms with Gasteiger partial charge in [0.1, 0.15) is 24.1 Å². The molecule has 0 aromatic carbocycles. The van der Waals surface area contributed by atoms with Crippen molar-refractivity contribution in [3.05, 3.63) is 22.7 Å². The lowest BCUT2D eigenvalue weighted by molar-refractivity contribution is -0.212. The highest BCUT2D eigenvalue weighted by molar-refractivity contribution is 5.89. The van der Waals surface area contributed by atoms with E-state index in [1.54, 1.807) is 0 Å². The van der Waals surface area contributed by atoms with Crippen LogP contribution in [0.25, 0.3) is 0 Å². The Kier molecular flexibility index (Phi) is 8.01. The minimum atomic E-state index is -1.82. The molecule has 15 heteroatoms. The average molecular weight is 443 g/mol. The number of likely N-dealkylation sites (N-methyl/N-ethyl adjacent to an activating group) is 1. The van der Waals surface area contributed by atoms with Crippen molar-refractivity contribution in [3.63, 3.8) is 0 Å². The van der Waals surface area contributed by atoms with Gasteiger partial charge in [0.2, 0.25) is 17.7 Å². The van der Waals surface area contributed by atoms with Gasteiger partial charge in [-0.05, 0) is 13.1 Å². The molecule has 0 spiro atoms. The highest BCUT2D eigenvalue weighted by Crippen LogP contribution is 2.27. The highest BCUT2D eigenvalue weighted by atomic mass is 16.5. The predicted octanol–water partition coefficient (Wildman–Crippen LogP) is -5.89.